The van der Waals surface area contributed by atoms with Crippen molar-refractivity contribution in [3.63, 3.8) is 0 Å². The number of hydrogen-bond acceptors (Lipinski definition) is 7. The summed E-state index contributed by atoms with van der Waals surface area (Å²) in [5.74, 6) is 1.50. The second kappa shape index (κ2) is 7.35. The van der Waals surface area contributed by atoms with Crippen LogP contribution in [0.2, 0.25) is 0 Å². The first-order valence-electron chi connectivity index (χ1n) is 7.24. The average Bonchev–Trinajstić information content (AvgIpc) is 2.48. The van der Waals surface area contributed by atoms with Gasteiger partial charge in [-0.15, -0.1) is 0 Å². The molecule has 3 N–H and O–H groups in total. The van der Waals surface area contributed by atoms with Gasteiger partial charge in [0, 0.05) is 24.3 Å². The highest BCUT2D eigenvalue weighted by Crippen LogP contribution is 2.16. The number of anilines is 4. The molecule has 0 bridgehead atoms. The highest BCUT2D eigenvalue weighted by Gasteiger charge is 2.06. The first kappa shape index (κ1) is 15.7. The van der Waals surface area contributed by atoms with Gasteiger partial charge >= 0.3 is 0 Å². The van der Waals surface area contributed by atoms with Gasteiger partial charge in [-0.25, -0.2) is 0 Å². The van der Waals surface area contributed by atoms with Gasteiger partial charge in [-0.3, -0.25) is 4.79 Å². The molecule has 0 fully saturated rings. The Morgan fingerprint density at radius 3 is 1.86 bits per heavy atom. The molecule has 0 aliphatic heterocycles. The van der Waals surface area contributed by atoms with E-state index in [2.05, 4.69) is 30.9 Å². The zero-order chi connectivity index (χ0) is 15.9. The SMILES string of the molecule is CCNc1nc(NCC)nc(Nc2ccc(C(C)=O)cc2)n1. The van der Waals surface area contributed by atoms with Gasteiger partial charge in [-0.2, -0.15) is 15.0 Å². The Hall–Kier alpha value is -2.70. The summed E-state index contributed by atoms with van der Waals surface area (Å²) in [5.41, 5.74) is 1.48. The minimum atomic E-state index is 0.0376. The number of aromatic nitrogens is 3. The molecule has 1 heterocycles. The van der Waals surface area contributed by atoms with Gasteiger partial charge in [-0.05, 0) is 45.0 Å². The third kappa shape index (κ3) is 4.15. The van der Waals surface area contributed by atoms with Crippen LogP contribution in [0.15, 0.2) is 24.3 Å². The van der Waals surface area contributed by atoms with Crippen LogP contribution >= 0.6 is 0 Å². The van der Waals surface area contributed by atoms with Crippen LogP contribution in [-0.4, -0.2) is 33.8 Å². The Morgan fingerprint density at radius 1 is 0.909 bits per heavy atom. The van der Waals surface area contributed by atoms with E-state index in [1.54, 1.807) is 19.1 Å². The van der Waals surface area contributed by atoms with Gasteiger partial charge < -0.3 is 16.0 Å². The molecule has 22 heavy (non-hydrogen) atoms. The van der Waals surface area contributed by atoms with Gasteiger partial charge in [0.15, 0.2) is 5.78 Å². The molecule has 0 amide bonds. The second-order valence-electron chi connectivity index (χ2n) is 4.63. The predicted octanol–water partition coefficient (Wildman–Crippen LogP) is 2.68. The Morgan fingerprint density at radius 2 is 1.41 bits per heavy atom. The quantitative estimate of drug-likeness (QED) is 0.677. The van der Waals surface area contributed by atoms with Crippen LogP contribution in [0.4, 0.5) is 23.5 Å². The standard InChI is InChI=1S/C15H20N6O/c1-4-16-13-19-14(17-5-2)21-15(20-13)18-12-8-6-11(7-9-12)10(3)22/h6-9H,4-5H2,1-3H3,(H3,16,17,18,19,20,21). The molecule has 0 aliphatic carbocycles. The van der Waals surface area contributed by atoms with Crippen LogP contribution < -0.4 is 16.0 Å². The smallest absolute Gasteiger partial charge is 0.233 e. The summed E-state index contributed by atoms with van der Waals surface area (Å²) in [6.45, 7) is 6.94. The van der Waals surface area contributed by atoms with E-state index in [1.165, 1.54) is 0 Å². The predicted molar refractivity (Wildman–Crippen MR) is 87.9 cm³/mol. The minimum Gasteiger partial charge on any atom is -0.354 e. The average molecular weight is 300 g/mol. The molecule has 2 rings (SSSR count). The molecule has 0 aliphatic rings. The molecule has 2 aromatic rings. The van der Waals surface area contributed by atoms with E-state index < -0.39 is 0 Å². The molecule has 1 aromatic carbocycles. The number of carbonyl (C=O) groups is 1. The lowest BCUT2D eigenvalue weighted by molar-refractivity contribution is 0.101. The topological polar surface area (TPSA) is 91.8 Å². The highest BCUT2D eigenvalue weighted by molar-refractivity contribution is 5.94. The summed E-state index contributed by atoms with van der Waals surface area (Å²) in [7, 11) is 0. The molecule has 0 unspecified atom stereocenters. The number of carbonyl (C=O) groups excluding carboxylic acids is 1. The van der Waals surface area contributed by atoms with Crippen LogP contribution in [-0.2, 0) is 0 Å². The maximum atomic E-state index is 11.3. The third-order valence-corrected chi connectivity index (χ3v) is 2.85. The van der Waals surface area contributed by atoms with E-state index in [-0.39, 0.29) is 5.78 Å². The molecule has 7 heteroatoms. The van der Waals surface area contributed by atoms with Crippen LogP contribution in [0.25, 0.3) is 0 Å². The summed E-state index contributed by atoms with van der Waals surface area (Å²) in [6.07, 6.45) is 0. The molecule has 0 atom stereocenters. The third-order valence-electron chi connectivity index (χ3n) is 2.85. The Balaban J connectivity index is 2.21. The van der Waals surface area contributed by atoms with Crippen LogP contribution in [0.5, 0.6) is 0 Å². The van der Waals surface area contributed by atoms with Crippen LogP contribution in [0, 0.1) is 0 Å². The summed E-state index contributed by atoms with van der Waals surface area (Å²) in [4.78, 5) is 24.2. The molecule has 0 radical (unpaired) electrons. The van der Waals surface area contributed by atoms with Crippen molar-refractivity contribution in [1.82, 2.24) is 15.0 Å². The lowest BCUT2D eigenvalue weighted by atomic mass is 10.1. The number of nitrogens with one attached hydrogen (secondary N) is 3. The molecule has 116 valence electrons. The van der Waals surface area contributed by atoms with Crippen molar-refractivity contribution >= 4 is 29.3 Å². The molecular weight excluding hydrogens is 280 g/mol. The normalized spacial score (nSPS) is 10.1. The van der Waals surface area contributed by atoms with E-state index in [1.807, 2.05) is 26.0 Å². The van der Waals surface area contributed by atoms with Gasteiger partial charge in [-0.1, -0.05) is 0 Å². The highest BCUT2D eigenvalue weighted by atomic mass is 16.1. The Kier molecular flexibility index (Phi) is 5.24. The van der Waals surface area contributed by atoms with Crippen LogP contribution in [0.1, 0.15) is 31.1 Å². The van der Waals surface area contributed by atoms with Crippen molar-refractivity contribution in [2.45, 2.75) is 20.8 Å². The second-order valence-corrected chi connectivity index (χ2v) is 4.63. The largest absolute Gasteiger partial charge is 0.354 e. The minimum absolute atomic E-state index is 0.0376. The van der Waals surface area contributed by atoms with Gasteiger partial charge in [0.05, 0.1) is 0 Å². The number of rotatable bonds is 7. The number of benzene rings is 1. The first-order chi connectivity index (χ1) is 10.6. The van der Waals surface area contributed by atoms with E-state index in [0.29, 0.717) is 23.4 Å². The molecule has 0 saturated carbocycles. The molecular formula is C15H20N6O. The first-order valence-corrected chi connectivity index (χ1v) is 7.24. The van der Waals surface area contributed by atoms with Crippen molar-refractivity contribution in [3.05, 3.63) is 29.8 Å². The van der Waals surface area contributed by atoms with E-state index in [0.717, 1.165) is 18.8 Å². The van der Waals surface area contributed by atoms with Crippen molar-refractivity contribution in [3.8, 4) is 0 Å². The summed E-state index contributed by atoms with van der Waals surface area (Å²) in [5, 5.41) is 9.25. The van der Waals surface area contributed by atoms with Crippen molar-refractivity contribution in [2.75, 3.05) is 29.0 Å². The fourth-order valence-electron chi connectivity index (χ4n) is 1.82. The zero-order valence-electron chi connectivity index (χ0n) is 13.0. The Bertz CT molecular complexity index is 617. The summed E-state index contributed by atoms with van der Waals surface area (Å²) >= 11 is 0. The van der Waals surface area contributed by atoms with E-state index in [9.17, 15) is 4.79 Å². The van der Waals surface area contributed by atoms with Gasteiger partial charge in [0.1, 0.15) is 0 Å². The molecule has 0 saturated heterocycles. The maximum absolute atomic E-state index is 11.3. The molecule has 0 spiro atoms. The van der Waals surface area contributed by atoms with Gasteiger partial charge in [0.25, 0.3) is 0 Å². The maximum Gasteiger partial charge on any atom is 0.233 e. The fourth-order valence-corrected chi connectivity index (χ4v) is 1.82. The number of ketones is 1. The monoisotopic (exact) mass is 300 g/mol. The number of hydrogen-bond donors (Lipinski definition) is 3. The van der Waals surface area contributed by atoms with Crippen molar-refractivity contribution in [1.29, 1.82) is 0 Å². The number of Topliss-reactive ketones (excluding diaryl/α,β-unsaturated/α-hetero) is 1. The number of nitrogens with zero attached hydrogens (tertiary/aromatic N) is 3. The van der Waals surface area contributed by atoms with Crippen LogP contribution in [0.3, 0.4) is 0 Å². The molecule has 7 nitrogen and oxygen atoms in total. The Labute approximate surface area is 129 Å². The van der Waals surface area contributed by atoms with Gasteiger partial charge in [0.2, 0.25) is 17.8 Å². The van der Waals surface area contributed by atoms with E-state index in [4.69, 9.17) is 0 Å². The zero-order valence-corrected chi connectivity index (χ0v) is 13.0. The molecule has 1 aromatic heterocycles. The lowest BCUT2D eigenvalue weighted by Gasteiger charge is -2.10. The summed E-state index contributed by atoms with van der Waals surface area (Å²) in [6, 6.07) is 7.17. The fraction of sp³-hybridized carbons (Fsp3) is 0.333. The van der Waals surface area contributed by atoms with Crippen molar-refractivity contribution < 1.29 is 4.79 Å². The lowest BCUT2D eigenvalue weighted by Crippen LogP contribution is -2.10. The summed E-state index contributed by atoms with van der Waals surface area (Å²) < 4.78 is 0. The van der Waals surface area contributed by atoms with Crippen molar-refractivity contribution in [2.24, 2.45) is 0 Å². The van der Waals surface area contributed by atoms with E-state index >= 15 is 0 Å².